The van der Waals surface area contributed by atoms with E-state index in [0.717, 1.165) is 57.3 Å². The Hall–Kier alpha value is -2.13. The van der Waals surface area contributed by atoms with Crippen molar-refractivity contribution >= 4 is 33.2 Å². The molecule has 0 aromatic heterocycles. The second-order valence-electron chi connectivity index (χ2n) is 9.34. The summed E-state index contributed by atoms with van der Waals surface area (Å²) < 4.78 is 27.6. The van der Waals surface area contributed by atoms with E-state index < -0.39 is 15.9 Å². The Morgan fingerprint density at radius 3 is 2.39 bits per heavy atom. The Morgan fingerprint density at radius 2 is 1.76 bits per heavy atom. The number of hydrogen-bond acceptors (Lipinski definition) is 5. The standard InChI is InChI=1S/C24H36N4O4S/c1-3-27(4-2)33(31,32)20-11-12-22(26-13-7-8-14-26)21(16-20)25-24(30)18-15-23(29)28(17-18)19-9-5-6-10-19/h11-12,16,18-19H,3-10,13-15,17H2,1-2H3,(H,25,30)/t18-/m1/s1. The van der Waals surface area contributed by atoms with Gasteiger partial charge in [-0.25, -0.2) is 8.42 Å². The van der Waals surface area contributed by atoms with Crippen LogP contribution in [0.25, 0.3) is 0 Å². The van der Waals surface area contributed by atoms with E-state index in [4.69, 9.17) is 0 Å². The fourth-order valence-corrected chi connectivity index (χ4v) is 6.92. The summed E-state index contributed by atoms with van der Waals surface area (Å²) in [6.45, 7) is 6.60. The third-order valence-corrected chi connectivity index (χ3v) is 9.36. The Labute approximate surface area is 197 Å². The van der Waals surface area contributed by atoms with Crippen LogP contribution in [0.3, 0.4) is 0 Å². The number of hydrogen-bond donors (Lipinski definition) is 1. The molecule has 3 fully saturated rings. The second kappa shape index (κ2) is 10.0. The summed E-state index contributed by atoms with van der Waals surface area (Å²) in [4.78, 5) is 30.1. The molecule has 4 rings (SSSR count). The van der Waals surface area contributed by atoms with Crippen molar-refractivity contribution < 1.29 is 18.0 Å². The zero-order valence-electron chi connectivity index (χ0n) is 19.8. The third-order valence-electron chi connectivity index (χ3n) is 7.31. The van der Waals surface area contributed by atoms with Crippen LogP contribution in [-0.2, 0) is 19.6 Å². The highest BCUT2D eigenvalue weighted by Crippen LogP contribution is 2.34. The summed E-state index contributed by atoms with van der Waals surface area (Å²) in [7, 11) is -3.65. The molecule has 33 heavy (non-hydrogen) atoms. The van der Waals surface area contributed by atoms with E-state index in [9.17, 15) is 18.0 Å². The first kappa shape index (κ1) is 24.0. The van der Waals surface area contributed by atoms with Gasteiger partial charge in [0.2, 0.25) is 21.8 Å². The number of likely N-dealkylation sites (tertiary alicyclic amines) is 1. The second-order valence-corrected chi connectivity index (χ2v) is 11.3. The van der Waals surface area contributed by atoms with Crippen molar-refractivity contribution in [2.75, 3.05) is 42.9 Å². The van der Waals surface area contributed by atoms with Crippen LogP contribution in [0.5, 0.6) is 0 Å². The number of carbonyl (C=O) groups is 2. The van der Waals surface area contributed by atoms with Crippen LogP contribution in [0.1, 0.15) is 58.8 Å². The molecule has 0 unspecified atom stereocenters. The van der Waals surface area contributed by atoms with Crippen molar-refractivity contribution in [3.63, 3.8) is 0 Å². The van der Waals surface area contributed by atoms with E-state index >= 15 is 0 Å². The molecule has 0 bridgehead atoms. The Bertz CT molecular complexity index is 980. The summed E-state index contributed by atoms with van der Waals surface area (Å²) in [5.41, 5.74) is 1.36. The largest absolute Gasteiger partial charge is 0.370 e. The predicted molar refractivity (Wildman–Crippen MR) is 129 cm³/mol. The van der Waals surface area contributed by atoms with Gasteiger partial charge in [0, 0.05) is 45.2 Å². The zero-order chi connectivity index (χ0) is 23.6. The molecule has 1 saturated carbocycles. The lowest BCUT2D eigenvalue weighted by Crippen LogP contribution is -2.35. The van der Waals surface area contributed by atoms with Crippen LogP contribution in [0.2, 0.25) is 0 Å². The molecule has 8 nitrogen and oxygen atoms in total. The Morgan fingerprint density at radius 1 is 1.09 bits per heavy atom. The van der Waals surface area contributed by atoms with Crippen LogP contribution in [0, 0.1) is 5.92 Å². The third kappa shape index (κ3) is 4.89. The number of carbonyl (C=O) groups excluding carboxylic acids is 2. The molecule has 2 aliphatic heterocycles. The molecule has 1 N–H and O–H groups in total. The van der Waals surface area contributed by atoms with Crippen LogP contribution in [0.4, 0.5) is 11.4 Å². The molecule has 182 valence electrons. The number of sulfonamides is 1. The highest BCUT2D eigenvalue weighted by Gasteiger charge is 2.39. The van der Waals surface area contributed by atoms with Crippen molar-refractivity contribution in [2.24, 2.45) is 5.92 Å². The van der Waals surface area contributed by atoms with E-state index in [1.807, 2.05) is 24.8 Å². The summed E-state index contributed by atoms with van der Waals surface area (Å²) in [6, 6.07) is 5.29. The van der Waals surface area contributed by atoms with Crippen LogP contribution in [-0.4, -0.2) is 68.2 Å². The number of anilines is 2. The monoisotopic (exact) mass is 476 g/mol. The molecule has 1 atom stereocenters. The van der Waals surface area contributed by atoms with Gasteiger partial charge in [0.05, 0.1) is 22.2 Å². The zero-order valence-corrected chi connectivity index (χ0v) is 20.6. The van der Waals surface area contributed by atoms with Gasteiger partial charge in [-0.2, -0.15) is 4.31 Å². The van der Waals surface area contributed by atoms with Gasteiger partial charge in [-0.05, 0) is 43.9 Å². The number of rotatable bonds is 8. The first-order valence-electron chi connectivity index (χ1n) is 12.3. The normalized spacial score (nSPS) is 22.0. The number of nitrogens with zero attached hydrogens (tertiary/aromatic N) is 3. The smallest absolute Gasteiger partial charge is 0.243 e. The lowest BCUT2D eigenvalue weighted by atomic mass is 10.1. The molecular formula is C24H36N4O4S. The minimum absolute atomic E-state index is 0.0553. The van der Waals surface area contributed by atoms with Gasteiger partial charge in [0.15, 0.2) is 0 Å². The van der Waals surface area contributed by atoms with Gasteiger partial charge in [-0.1, -0.05) is 26.7 Å². The molecular weight excluding hydrogens is 440 g/mol. The minimum Gasteiger partial charge on any atom is -0.370 e. The quantitative estimate of drug-likeness (QED) is 0.623. The summed E-state index contributed by atoms with van der Waals surface area (Å²) in [5.74, 6) is -0.561. The SMILES string of the molecule is CCN(CC)S(=O)(=O)c1ccc(N2CCCC2)c(NC(=O)[C@@H]2CC(=O)N(C3CCCC3)C2)c1. The van der Waals surface area contributed by atoms with E-state index in [1.54, 1.807) is 12.1 Å². The van der Waals surface area contributed by atoms with E-state index in [-0.39, 0.29) is 29.2 Å². The topological polar surface area (TPSA) is 90.0 Å². The van der Waals surface area contributed by atoms with Crippen molar-refractivity contribution in [3.8, 4) is 0 Å². The average molecular weight is 477 g/mol. The van der Waals surface area contributed by atoms with Gasteiger partial charge in [0.1, 0.15) is 0 Å². The van der Waals surface area contributed by atoms with Gasteiger partial charge >= 0.3 is 0 Å². The predicted octanol–water partition coefficient (Wildman–Crippen LogP) is 3.05. The Balaban J connectivity index is 1.58. The molecule has 2 saturated heterocycles. The first-order valence-corrected chi connectivity index (χ1v) is 13.8. The van der Waals surface area contributed by atoms with Gasteiger partial charge in [-0.15, -0.1) is 0 Å². The molecule has 0 spiro atoms. The van der Waals surface area contributed by atoms with E-state index in [0.29, 0.717) is 25.3 Å². The summed E-state index contributed by atoms with van der Waals surface area (Å²) in [6.07, 6.45) is 6.67. The molecule has 1 aliphatic carbocycles. The molecule has 0 radical (unpaired) electrons. The average Bonchev–Trinajstić information content (AvgIpc) is 3.56. The molecule has 1 aromatic carbocycles. The summed E-state index contributed by atoms with van der Waals surface area (Å²) >= 11 is 0. The van der Waals surface area contributed by atoms with Crippen molar-refractivity contribution in [2.45, 2.75) is 69.7 Å². The Kier molecular flexibility index (Phi) is 7.28. The highest BCUT2D eigenvalue weighted by atomic mass is 32.2. The van der Waals surface area contributed by atoms with Crippen molar-refractivity contribution in [3.05, 3.63) is 18.2 Å². The van der Waals surface area contributed by atoms with Crippen molar-refractivity contribution in [1.82, 2.24) is 9.21 Å². The maximum atomic E-state index is 13.2. The number of nitrogens with one attached hydrogen (secondary N) is 1. The fourth-order valence-electron chi connectivity index (χ4n) is 5.43. The van der Waals surface area contributed by atoms with Crippen LogP contribution >= 0.6 is 0 Å². The van der Waals surface area contributed by atoms with Gasteiger partial charge in [0.25, 0.3) is 0 Å². The first-order chi connectivity index (χ1) is 15.8. The maximum Gasteiger partial charge on any atom is 0.243 e. The number of benzene rings is 1. The fraction of sp³-hybridized carbons (Fsp3) is 0.667. The van der Waals surface area contributed by atoms with Gasteiger partial charge in [-0.3, -0.25) is 9.59 Å². The van der Waals surface area contributed by atoms with E-state index in [2.05, 4.69) is 10.2 Å². The molecule has 1 aromatic rings. The highest BCUT2D eigenvalue weighted by molar-refractivity contribution is 7.89. The lowest BCUT2D eigenvalue weighted by molar-refractivity contribution is -0.129. The molecule has 9 heteroatoms. The van der Waals surface area contributed by atoms with Gasteiger partial charge < -0.3 is 15.1 Å². The lowest BCUT2D eigenvalue weighted by Gasteiger charge is -2.25. The van der Waals surface area contributed by atoms with Crippen LogP contribution < -0.4 is 10.2 Å². The molecule has 3 aliphatic rings. The minimum atomic E-state index is -3.65. The van der Waals surface area contributed by atoms with Crippen molar-refractivity contribution in [1.29, 1.82) is 0 Å². The number of amides is 2. The molecule has 2 heterocycles. The van der Waals surface area contributed by atoms with E-state index in [1.165, 1.54) is 4.31 Å². The maximum absolute atomic E-state index is 13.2. The molecule has 2 amide bonds. The summed E-state index contributed by atoms with van der Waals surface area (Å²) in [5, 5.41) is 3.01. The van der Waals surface area contributed by atoms with Crippen LogP contribution in [0.15, 0.2) is 23.1 Å².